The minimum atomic E-state index is -0.530. The van der Waals surface area contributed by atoms with Gasteiger partial charge in [-0.1, -0.05) is 12.1 Å². The molecule has 0 saturated heterocycles. The van der Waals surface area contributed by atoms with Crippen LogP contribution in [0.3, 0.4) is 0 Å². The summed E-state index contributed by atoms with van der Waals surface area (Å²) < 4.78 is 4.82. The van der Waals surface area contributed by atoms with Crippen LogP contribution in [0.2, 0.25) is 0 Å². The molecule has 3 N–H and O–H groups in total. The van der Waals surface area contributed by atoms with Crippen molar-refractivity contribution >= 4 is 28.4 Å². The summed E-state index contributed by atoms with van der Waals surface area (Å²) in [6.45, 7) is 2.05. The molecule has 0 aliphatic heterocycles. The Morgan fingerprint density at radius 1 is 1.47 bits per heavy atom. The molecule has 0 unspecified atom stereocenters. The lowest BCUT2D eigenvalue weighted by molar-refractivity contribution is 0.168. The molecule has 2 rings (SSSR count). The molecule has 0 bridgehead atoms. The lowest BCUT2D eigenvalue weighted by Gasteiger charge is -2.10. The van der Waals surface area contributed by atoms with E-state index in [9.17, 15) is 4.79 Å². The number of nitrogens with zero attached hydrogens (tertiary/aromatic N) is 1. The van der Waals surface area contributed by atoms with Crippen LogP contribution in [-0.4, -0.2) is 17.7 Å². The normalized spacial score (nSPS) is 10.2. The summed E-state index contributed by atoms with van der Waals surface area (Å²) in [6, 6.07) is 7.31. The number of benzene rings is 1. The fourth-order valence-corrected chi connectivity index (χ4v) is 1.56. The van der Waals surface area contributed by atoms with Gasteiger partial charge in [0.05, 0.1) is 23.5 Å². The molecule has 17 heavy (non-hydrogen) atoms. The monoisotopic (exact) mass is 231 g/mol. The second-order valence-corrected chi connectivity index (χ2v) is 3.45. The quantitative estimate of drug-likeness (QED) is 0.778. The van der Waals surface area contributed by atoms with E-state index < -0.39 is 6.09 Å². The Kier molecular flexibility index (Phi) is 3.09. The number of anilines is 2. The van der Waals surface area contributed by atoms with Crippen molar-refractivity contribution < 1.29 is 9.53 Å². The third-order valence-corrected chi connectivity index (χ3v) is 2.31. The van der Waals surface area contributed by atoms with Crippen molar-refractivity contribution in [2.24, 2.45) is 0 Å². The first-order valence-corrected chi connectivity index (χ1v) is 5.29. The van der Waals surface area contributed by atoms with Crippen molar-refractivity contribution in [3.05, 3.63) is 30.5 Å². The number of hydrogen-bond acceptors (Lipinski definition) is 4. The Hall–Kier alpha value is -2.30. The first-order valence-electron chi connectivity index (χ1n) is 5.29. The van der Waals surface area contributed by atoms with Gasteiger partial charge in [-0.25, -0.2) is 4.79 Å². The summed E-state index contributed by atoms with van der Waals surface area (Å²) >= 11 is 0. The van der Waals surface area contributed by atoms with Crippen molar-refractivity contribution in [2.45, 2.75) is 6.92 Å². The average molecular weight is 231 g/mol. The van der Waals surface area contributed by atoms with Crippen LogP contribution < -0.4 is 11.1 Å². The van der Waals surface area contributed by atoms with E-state index in [-0.39, 0.29) is 0 Å². The van der Waals surface area contributed by atoms with Crippen LogP contribution in [-0.2, 0) is 4.74 Å². The average Bonchev–Trinajstić information content (AvgIpc) is 2.33. The Labute approximate surface area is 98.6 Å². The van der Waals surface area contributed by atoms with E-state index in [1.807, 2.05) is 18.2 Å². The SMILES string of the molecule is CCOC(=O)Nc1c(N)ccc2cccnc12. The number of rotatable bonds is 2. The highest BCUT2D eigenvalue weighted by molar-refractivity contribution is 6.03. The number of nitrogens with one attached hydrogen (secondary N) is 1. The highest BCUT2D eigenvalue weighted by Crippen LogP contribution is 2.27. The number of nitrogens with two attached hydrogens (primary N) is 1. The summed E-state index contributed by atoms with van der Waals surface area (Å²) in [4.78, 5) is 15.6. The van der Waals surface area contributed by atoms with Crippen molar-refractivity contribution in [3.8, 4) is 0 Å². The van der Waals surface area contributed by atoms with Crippen LogP contribution in [0.15, 0.2) is 30.5 Å². The van der Waals surface area contributed by atoms with E-state index in [1.165, 1.54) is 0 Å². The third kappa shape index (κ3) is 2.28. The lowest BCUT2D eigenvalue weighted by Crippen LogP contribution is -2.15. The van der Waals surface area contributed by atoms with E-state index in [4.69, 9.17) is 10.5 Å². The van der Waals surface area contributed by atoms with Gasteiger partial charge in [0, 0.05) is 11.6 Å². The fourth-order valence-electron chi connectivity index (χ4n) is 1.56. The van der Waals surface area contributed by atoms with Gasteiger partial charge in [-0.2, -0.15) is 0 Å². The molecule has 1 heterocycles. The number of nitrogen functional groups attached to an aromatic ring is 1. The van der Waals surface area contributed by atoms with Gasteiger partial charge < -0.3 is 10.5 Å². The molecule has 1 aromatic carbocycles. The van der Waals surface area contributed by atoms with E-state index >= 15 is 0 Å². The highest BCUT2D eigenvalue weighted by atomic mass is 16.5. The molecule has 0 atom stereocenters. The van der Waals surface area contributed by atoms with Crippen LogP contribution in [0.25, 0.3) is 10.9 Å². The van der Waals surface area contributed by atoms with Crippen LogP contribution in [0, 0.1) is 0 Å². The molecule has 88 valence electrons. The van der Waals surface area contributed by atoms with E-state index in [2.05, 4.69) is 10.3 Å². The topological polar surface area (TPSA) is 77.2 Å². The molecule has 0 aliphatic carbocycles. The molecular weight excluding hydrogens is 218 g/mol. The standard InChI is InChI=1S/C12H13N3O2/c1-2-17-12(16)15-11-9(13)6-5-8-4-3-7-14-10(8)11/h3-7H,2,13H2,1H3,(H,15,16). The molecule has 1 aromatic heterocycles. The summed E-state index contributed by atoms with van der Waals surface area (Å²) in [5.74, 6) is 0. The minimum absolute atomic E-state index is 0.309. The van der Waals surface area contributed by atoms with Crippen molar-refractivity contribution in [1.29, 1.82) is 0 Å². The summed E-state index contributed by atoms with van der Waals surface area (Å²) in [5.41, 5.74) is 7.42. The molecule has 0 fully saturated rings. The van der Waals surface area contributed by atoms with Gasteiger partial charge in [-0.05, 0) is 19.1 Å². The molecule has 0 aliphatic rings. The Bertz CT molecular complexity index is 554. The van der Waals surface area contributed by atoms with Crippen molar-refractivity contribution in [2.75, 3.05) is 17.7 Å². The van der Waals surface area contributed by atoms with Gasteiger partial charge in [0.25, 0.3) is 0 Å². The first-order chi connectivity index (χ1) is 8.22. The van der Waals surface area contributed by atoms with Gasteiger partial charge in [0.15, 0.2) is 0 Å². The molecular formula is C12H13N3O2. The number of carbonyl (C=O) groups excluding carboxylic acids is 1. The van der Waals surface area contributed by atoms with Gasteiger partial charge in [0.1, 0.15) is 0 Å². The summed E-state index contributed by atoms with van der Waals surface area (Å²) in [6.07, 6.45) is 1.12. The molecule has 5 nitrogen and oxygen atoms in total. The molecule has 2 aromatic rings. The van der Waals surface area contributed by atoms with Crippen LogP contribution >= 0.6 is 0 Å². The predicted molar refractivity (Wildman–Crippen MR) is 66.8 cm³/mol. The molecule has 0 spiro atoms. The number of aromatic nitrogens is 1. The Morgan fingerprint density at radius 2 is 2.29 bits per heavy atom. The van der Waals surface area contributed by atoms with Gasteiger partial charge in [0.2, 0.25) is 0 Å². The van der Waals surface area contributed by atoms with Crippen LogP contribution in [0.1, 0.15) is 6.92 Å². The largest absolute Gasteiger partial charge is 0.450 e. The maximum Gasteiger partial charge on any atom is 0.411 e. The van der Waals surface area contributed by atoms with E-state index in [1.54, 1.807) is 19.2 Å². The number of hydrogen-bond donors (Lipinski definition) is 2. The van der Waals surface area contributed by atoms with E-state index in [0.29, 0.717) is 23.5 Å². The zero-order chi connectivity index (χ0) is 12.3. The number of fused-ring (bicyclic) bond motifs is 1. The maximum absolute atomic E-state index is 11.4. The van der Waals surface area contributed by atoms with Crippen LogP contribution in [0.5, 0.6) is 0 Å². The number of amides is 1. The van der Waals surface area contributed by atoms with Crippen molar-refractivity contribution in [3.63, 3.8) is 0 Å². The fraction of sp³-hybridized carbons (Fsp3) is 0.167. The van der Waals surface area contributed by atoms with Gasteiger partial charge >= 0.3 is 6.09 Å². The predicted octanol–water partition coefficient (Wildman–Crippen LogP) is 2.39. The smallest absolute Gasteiger partial charge is 0.411 e. The van der Waals surface area contributed by atoms with Crippen molar-refractivity contribution in [1.82, 2.24) is 4.98 Å². The molecule has 0 radical (unpaired) electrons. The Morgan fingerprint density at radius 3 is 3.06 bits per heavy atom. The second-order valence-electron chi connectivity index (χ2n) is 3.45. The lowest BCUT2D eigenvalue weighted by atomic mass is 10.1. The zero-order valence-electron chi connectivity index (χ0n) is 9.43. The Balaban J connectivity index is 2.44. The van der Waals surface area contributed by atoms with E-state index in [0.717, 1.165) is 5.39 Å². The second kappa shape index (κ2) is 4.69. The molecule has 0 saturated carbocycles. The molecule has 5 heteroatoms. The summed E-state index contributed by atoms with van der Waals surface area (Å²) in [5, 5.41) is 3.52. The number of carbonyl (C=O) groups is 1. The highest BCUT2D eigenvalue weighted by Gasteiger charge is 2.10. The minimum Gasteiger partial charge on any atom is -0.450 e. The molecule has 1 amide bonds. The number of pyridine rings is 1. The van der Waals surface area contributed by atoms with Gasteiger partial charge in [-0.15, -0.1) is 0 Å². The number of ether oxygens (including phenoxy) is 1. The zero-order valence-corrected chi connectivity index (χ0v) is 9.43. The first kappa shape index (κ1) is 11.2. The van der Waals surface area contributed by atoms with Gasteiger partial charge in [-0.3, -0.25) is 10.3 Å². The summed E-state index contributed by atoms with van der Waals surface area (Å²) in [7, 11) is 0. The maximum atomic E-state index is 11.4. The van der Waals surface area contributed by atoms with Crippen LogP contribution in [0.4, 0.5) is 16.2 Å². The third-order valence-electron chi connectivity index (χ3n) is 2.31.